The van der Waals surface area contributed by atoms with E-state index in [2.05, 4.69) is 0 Å². The van der Waals surface area contributed by atoms with E-state index < -0.39 is 11.8 Å². The van der Waals surface area contributed by atoms with Crippen molar-refractivity contribution in [2.45, 2.75) is 38.9 Å². The molecule has 2 unspecified atom stereocenters. The highest BCUT2D eigenvalue weighted by molar-refractivity contribution is 5.82. The number of esters is 2. The van der Waals surface area contributed by atoms with Crippen molar-refractivity contribution in [3.05, 3.63) is 120 Å². The van der Waals surface area contributed by atoms with Crippen LogP contribution in [0.2, 0.25) is 0 Å². The molecule has 1 aliphatic rings. The maximum absolute atomic E-state index is 13.0. The van der Waals surface area contributed by atoms with Gasteiger partial charge in [-0.15, -0.1) is 0 Å². The molecule has 5 rings (SSSR count). The van der Waals surface area contributed by atoms with Crippen LogP contribution in [-0.2, 0) is 32.3 Å². The van der Waals surface area contributed by atoms with Gasteiger partial charge in [-0.3, -0.25) is 9.59 Å². The van der Waals surface area contributed by atoms with Gasteiger partial charge in [0, 0.05) is 0 Å². The van der Waals surface area contributed by atoms with Gasteiger partial charge in [0.05, 0.1) is 11.8 Å². The quantitative estimate of drug-likeness (QED) is 0.192. The lowest BCUT2D eigenvalue weighted by atomic mass is 9.79. The molecular weight excluding hydrogens is 504 g/mol. The first kappa shape index (κ1) is 27.0. The highest BCUT2D eigenvalue weighted by Gasteiger charge is 2.38. The van der Waals surface area contributed by atoms with Gasteiger partial charge < -0.3 is 18.9 Å². The number of ether oxygens (including phenoxy) is 4. The zero-order valence-corrected chi connectivity index (χ0v) is 22.2. The molecule has 1 aliphatic carbocycles. The molecule has 0 saturated heterocycles. The van der Waals surface area contributed by atoms with E-state index in [1.165, 1.54) is 0 Å². The number of carbonyl (C=O) groups is 2. The van der Waals surface area contributed by atoms with Crippen molar-refractivity contribution in [1.29, 1.82) is 0 Å². The topological polar surface area (TPSA) is 71.1 Å². The Morgan fingerprint density at radius 3 is 1.23 bits per heavy atom. The third-order valence-corrected chi connectivity index (χ3v) is 6.94. The molecule has 1 fully saturated rings. The van der Waals surface area contributed by atoms with Crippen LogP contribution in [0.15, 0.2) is 109 Å². The van der Waals surface area contributed by atoms with Crippen LogP contribution < -0.4 is 9.47 Å². The second-order valence-corrected chi connectivity index (χ2v) is 9.83. The van der Waals surface area contributed by atoms with Gasteiger partial charge in [0.15, 0.2) is 0 Å². The van der Waals surface area contributed by atoms with Crippen LogP contribution in [0.1, 0.15) is 36.8 Å². The highest BCUT2D eigenvalue weighted by Crippen LogP contribution is 2.33. The Balaban J connectivity index is 1.10. The molecule has 6 heteroatoms. The maximum Gasteiger partial charge on any atom is 0.310 e. The molecule has 0 heterocycles. The minimum absolute atomic E-state index is 0.139. The maximum atomic E-state index is 13.0. The van der Waals surface area contributed by atoms with Crippen LogP contribution in [0.3, 0.4) is 0 Å². The smallest absolute Gasteiger partial charge is 0.310 e. The number of rotatable bonds is 10. The van der Waals surface area contributed by atoms with Gasteiger partial charge in [-0.1, -0.05) is 73.5 Å². The van der Waals surface area contributed by atoms with Crippen LogP contribution in [0.5, 0.6) is 23.0 Å². The van der Waals surface area contributed by atoms with Gasteiger partial charge in [-0.05, 0) is 72.5 Å². The van der Waals surface area contributed by atoms with Crippen LogP contribution in [0.4, 0.5) is 0 Å². The molecule has 0 N–H and O–H groups in total. The minimum atomic E-state index is -0.497. The summed E-state index contributed by atoms with van der Waals surface area (Å²) in [5.41, 5.74) is 1.70. The van der Waals surface area contributed by atoms with Crippen LogP contribution >= 0.6 is 0 Å². The van der Waals surface area contributed by atoms with E-state index in [-0.39, 0.29) is 25.2 Å². The summed E-state index contributed by atoms with van der Waals surface area (Å²) in [6, 6.07) is 33.9. The summed E-state index contributed by atoms with van der Waals surface area (Å²) in [7, 11) is 0. The van der Waals surface area contributed by atoms with Gasteiger partial charge in [0.1, 0.15) is 36.2 Å². The summed E-state index contributed by atoms with van der Waals surface area (Å²) < 4.78 is 22.9. The fourth-order valence-corrected chi connectivity index (χ4v) is 4.77. The first-order valence-corrected chi connectivity index (χ1v) is 13.6. The summed E-state index contributed by atoms with van der Waals surface area (Å²) in [6.45, 7) is 0.278. The zero-order valence-electron chi connectivity index (χ0n) is 22.2. The van der Waals surface area contributed by atoms with Gasteiger partial charge in [-0.25, -0.2) is 0 Å². The summed E-state index contributed by atoms with van der Waals surface area (Å²) in [5.74, 6) is 1.22. The minimum Gasteiger partial charge on any atom is -0.461 e. The second-order valence-electron chi connectivity index (χ2n) is 9.83. The fraction of sp³-hybridized carbons (Fsp3) is 0.235. The third-order valence-electron chi connectivity index (χ3n) is 6.94. The van der Waals surface area contributed by atoms with Crippen LogP contribution in [-0.4, -0.2) is 11.9 Å². The molecule has 2 atom stereocenters. The summed E-state index contributed by atoms with van der Waals surface area (Å²) in [6.07, 6.45) is 3.01. The average Bonchev–Trinajstić information content (AvgIpc) is 3.01. The highest BCUT2D eigenvalue weighted by atomic mass is 16.5. The Morgan fingerprint density at radius 1 is 0.500 bits per heavy atom. The number of hydrogen-bond acceptors (Lipinski definition) is 6. The van der Waals surface area contributed by atoms with E-state index in [9.17, 15) is 9.59 Å². The van der Waals surface area contributed by atoms with Gasteiger partial charge in [-0.2, -0.15) is 0 Å². The first-order chi connectivity index (χ1) is 19.6. The van der Waals surface area contributed by atoms with Gasteiger partial charge in [0.2, 0.25) is 0 Å². The number of benzene rings is 4. The molecule has 0 aromatic heterocycles. The first-order valence-electron chi connectivity index (χ1n) is 13.6. The Labute approximate surface area is 234 Å². The van der Waals surface area contributed by atoms with Crippen LogP contribution in [0.25, 0.3) is 0 Å². The van der Waals surface area contributed by atoms with E-state index >= 15 is 0 Å². The Bertz CT molecular complexity index is 1260. The van der Waals surface area contributed by atoms with E-state index in [1.807, 2.05) is 109 Å². The second kappa shape index (κ2) is 13.5. The molecule has 0 amide bonds. The number of para-hydroxylation sites is 2. The average molecular weight is 537 g/mol. The Hall–Kier alpha value is -4.58. The molecule has 0 bridgehead atoms. The molecule has 0 spiro atoms. The molecule has 0 radical (unpaired) electrons. The molecule has 6 nitrogen and oxygen atoms in total. The van der Waals surface area contributed by atoms with Crippen LogP contribution in [0, 0.1) is 11.8 Å². The molecule has 0 aliphatic heterocycles. The lowest BCUT2D eigenvalue weighted by molar-refractivity contribution is -0.164. The molecule has 204 valence electrons. The summed E-state index contributed by atoms with van der Waals surface area (Å²) in [5, 5.41) is 0. The molecule has 4 aromatic carbocycles. The molecule has 4 aromatic rings. The Kier molecular flexibility index (Phi) is 9.09. The lowest BCUT2D eigenvalue weighted by Gasteiger charge is -2.28. The summed E-state index contributed by atoms with van der Waals surface area (Å²) in [4.78, 5) is 26.0. The van der Waals surface area contributed by atoms with Gasteiger partial charge in [0.25, 0.3) is 0 Å². The largest absolute Gasteiger partial charge is 0.461 e. The summed E-state index contributed by atoms with van der Waals surface area (Å²) >= 11 is 0. The Morgan fingerprint density at radius 2 is 0.850 bits per heavy atom. The van der Waals surface area contributed by atoms with E-state index in [4.69, 9.17) is 18.9 Å². The standard InChI is InChI=1S/C34H32O6/c35-33(37-23-25-15-19-29(20-16-25)39-27-9-3-1-4-10-27)31-13-7-8-14-32(31)34(36)38-24-26-17-21-30(22-18-26)40-28-11-5-2-6-12-28/h1-6,9-12,15-22,31-32H,7-8,13-14,23-24H2. The normalized spacial score (nSPS) is 16.5. The molecule has 40 heavy (non-hydrogen) atoms. The lowest BCUT2D eigenvalue weighted by Crippen LogP contribution is -2.35. The zero-order chi connectivity index (χ0) is 27.6. The molecular formula is C34H32O6. The predicted molar refractivity (Wildman–Crippen MR) is 151 cm³/mol. The number of hydrogen-bond donors (Lipinski definition) is 0. The van der Waals surface area contributed by atoms with Crippen molar-refractivity contribution >= 4 is 11.9 Å². The monoisotopic (exact) mass is 536 g/mol. The molecule has 1 saturated carbocycles. The van der Waals surface area contributed by atoms with E-state index in [0.717, 1.165) is 35.5 Å². The third kappa shape index (κ3) is 7.50. The van der Waals surface area contributed by atoms with Crippen molar-refractivity contribution in [1.82, 2.24) is 0 Å². The van der Waals surface area contributed by atoms with Crippen molar-refractivity contribution in [3.8, 4) is 23.0 Å². The SMILES string of the molecule is O=C(OCc1ccc(Oc2ccccc2)cc1)C1CCCCC1C(=O)OCc1ccc(Oc2ccccc2)cc1. The number of carbonyl (C=O) groups excluding carboxylic acids is 2. The van der Waals surface area contributed by atoms with Gasteiger partial charge >= 0.3 is 11.9 Å². The fourth-order valence-electron chi connectivity index (χ4n) is 4.77. The van der Waals surface area contributed by atoms with E-state index in [0.29, 0.717) is 24.3 Å². The van der Waals surface area contributed by atoms with Crippen molar-refractivity contribution < 1.29 is 28.5 Å². The van der Waals surface area contributed by atoms with E-state index in [1.54, 1.807) is 0 Å². The predicted octanol–water partition coefficient (Wildman–Crippen LogP) is 7.86. The van der Waals surface area contributed by atoms with Crippen molar-refractivity contribution in [2.24, 2.45) is 11.8 Å². The van der Waals surface area contributed by atoms with Crippen molar-refractivity contribution in [3.63, 3.8) is 0 Å². The van der Waals surface area contributed by atoms with Crippen molar-refractivity contribution in [2.75, 3.05) is 0 Å².